The van der Waals surface area contributed by atoms with Crippen LogP contribution in [0.1, 0.15) is 12.8 Å². The second kappa shape index (κ2) is 3.64. The van der Waals surface area contributed by atoms with E-state index in [4.69, 9.17) is 5.73 Å². The zero-order chi connectivity index (χ0) is 9.26. The standard InChI is InChI=1S/C9H17N3O/c10-8-2-4-12(6-8)9(13)7-1-3-11-5-7/h7-8,11H,1-6,10H2/t7-,8+/m1/s1. The molecule has 3 N–H and O–H groups in total. The van der Waals surface area contributed by atoms with E-state index in [2.05, 4.69) is 5.32 Å². The second-order valence-corrected chi connectivity index (χ2v) is 4.02. The highest BCUT2D eigenvalue weighted by molar-refractivity contribution is 5.79. The van der Waals surface area contributed by atoms with E-state index in [1.165, 1.54) is 0 Å². The minimum atomic E-state index is 0.207. The van der Waals surface area contributed by atoms with Crippen LogP contribution in [0.4, 0.5) is 0 Å². The first-order valence-electron chi connectivity index (χ1n) is 5.02. The molecule has 2 rings (SSSR count). The fourth-order valence-corrected chi connectivity index (χ4v) is 2.11. The maximum atomic E-state index is 11.8. The Morgan fingerprint density at radius 2 is 2.31 bits per heavy atom. The van der Waals surface area contributed by atoms with Crippen LogP contribution in [0, 0.1) is 5.92 Å². The lowest BCUT2D eigenvalue weighted by atomic mass is 10.1. The number of nitrogens with zero attached hydrogens (tertiary/aromatic N) is 1. The van der Waals surface area contributed by atoms with Crippen LogP contribution in [0.2, 0.25) is 0 Å². The molecule has 0 bridgehead atoms. The van der Waals surface area contributed by atoms with Gasteiger partial charge in [0.05, 0.1) is 5.92 Å². The summed E-state index contributed by atoms with van der Waals surface area (Å²) in [6.07, 6.45) is 1.95. The number of rotatable bonds is 1. The topological polar surface area (TPSA) is 58.4 Å². The predicted octanol–water partition coefficient (Wildman–Crippen LogP) is -0.844. The number of nitrogens with two attached hydrogens (primary N) is 1. The van der Waals surface area contributed by atoms with Crippen molar-refractivity contribution in [3.63, 3.8) is 0 Å². The van der Waals surface area contributed by atoms with Gasteiger partial charge in [0.1, 0.15) is 0 Å². The van der Waals surface area contributed by atoms with Crippen molar-refractivity contribution in [3.05, 3.63) is 0 Å². The number of likely N-dealkylation sites (tertiary alicyclic amines) is 1. The Bertz CT molecular complexity index is 201. The van der Waals surface area contributed by atoms with Crippen molar-refractivity contribution >= 4 is 5.91 Å². The number of carbonyl (C=O) groups excluding carboxylic acids is 1. The first kappa shape index (κ1) is 8.97. The van der Waals surface area contributed by atoms with Crippen LogP contribution in [-0.4, -0.2) is 43.0 Å². The van der Waals surface area contributed by atoms with Crippen molar-refractivity contribution in [1.29, 1.82) is 0 Å². The van der Waals surface area contributed by atoms with E-state index < -0.39 is 0 Å². The first-order chi connectivity index (χ1) is 6.27. The summed E-state index contributed by atoms with van der Waals surface area (Å²) in [4.78, 5) is 13.7. The van der Waals surface area contributed by atoms with E-state index >= 15 is 0 Å². The summed E-state index contributed by atoms with van der Waals surface area (Å²) in [5.74, 6) is 0.517. The summed E-state index contributed by atoms with van der Waals surface area (Å²) >= 11 is 0. The Hall–Kier alpha value is -0.610. The lowest BCUT2D eigenvalue weighted by Crippen LogP contribution is -2.37. The van der Waals surface area contributed by atoms with Crippen LogP contribution >= 0.6 is 0 Å². The molecule has 2 atom stereocenters. The van der Waals surface area contributed by atoms with Crippen molar-refractivity contribution in [2.24, 2.45) is 11.7 Å². The smallest absolute Gasteiger partial charge is 0.227 e. The van der Waals surface area contributed by atoms with E-state index in [1.54, 1.807) is 0 Å². The quantitative estimate of drug-likeness (QED) is 0.557. The molecule has 2 fully saturated rings. The van der Waals surface area contributed by atoms with Crippen LogP contribution in [0.25, 0.3) is 0 Å². The third kappa shape index (κ3) is 1.84. The number of amides is 1. The zero-order valence-corrected chi connectivity index (χ0v) is 7.83. The van der Waals surface area contributed by atoms with Crippen LogP contribution in [-0.2, 0) is 4.79 Å². The molecule has 13 heavy (non-hydrogen) atoms. The van der Waals surface area contributed by atoms with Gasteiger partial charge in [-0.3, -0.25) is 4.79 Å². The van der Waals surface area contributed by atoms with Gasteiger partial charge in [-0.05, 0) is 19.4 Å². The largest absolute Gasteiger partial charge is 0.341 e. The lowest BCUT2D eigenvalue weighted by Gasteiger charge is -2.19. The Kier molecular flexibility index (Phi) is 2.51. The van der Waals surface area contributed by atoms with Gasteiger partial charge in [-0.15, -0.1) is 0 Å². The minimum absolute atomic E-state index is 0.207. The van der Waals surface area contributed by atoms with Gasteiger partial charge in [-0.25, -0.2) is 0 Å². The molecule has 4 nitrogen and oxygen atoms in total. The minimum Gasteiger partial charge on any atom is -0.341 e. The summed E-state index contributed by atoms with van der Waals surface area (Å²) in [5, 5.41) is 3.21. The number of carbonyl (C=O) groups is 1. The molecular weight excluding hydrogens is 166 g/mol. The van der Waals surface area contributed by atoms with Gasteiger partial charge in [-0.1, -0.05) is 0 Å². The molecule has 0 aromatic heterocycles. The highest BCUT2D eigenvalue weighted by Gasteiger charge is 2.30. The van der Waals surface area contributed by atoms with Gasteiger partial charge in [0.2, 0.25) is 5.91 Å². The highest BCUT2D eigenvalue weighted by atomic mass is 16.2. The maximum Gasteiger partial charge on any atom is 0.227 e. The third-order valence-corrected chi connectivity index (χ3v) is 2.95. The third-order valence-electron chi connectivity index (χ3n) is 2.95. The highest BCUT2D eigenvalue weighted by Crippen LogP contribution is 2.15. The van der Waals surface area contributed by atoms with E-state index in [9.17, 15) is 4.79 Å². The van der Waals surface area contributed by atoms with Crippen LogP contribution in [0.5, 0.6) is 0 Å². The van der Waals surface area contributed by atoms with Gasteiger partial charge >= 0.3 is 0 Å². The first-order valence-corrected chi connectivity index (χ1v) is 5.02. The maximum absolute atomic E-state index is 11.8. The molecule has 0 spiro atoms. The molecule has 0 aliphatic carbocycles. The molecule has 1 amide bonds. The van der Waals surface area contributed by atoms with Crippen molar-refractivity contribution in [2.45, 2.75) is 18.9 Å². The van der Waals surface area contributed by atoms with E-state index in [-0.39, 0.29) is 12.0 Å². The Balaban J connectivity index is 1.89. The fraction of sp³-hybridized carbons (Fsp3) is 0.889. The van der Waals surface area contributed by atoms with Gasteiger partial charge < -0.3 is 16.0 Å². The van der Waals surface area contributed by atoms with Crippen LogP contribution < -0.4 is 11.1 Å². The Labute approximate surface area is 78.5 Å². The normalized spacial score (nSPS) is 34.1. The van der Waals surface area contributed by atoms with Crippen molar-refractivity contribution in [2.75, 3.05) is 26.2 Å². The summed E-state index contributed by atoms with van der Waals surface area (Å²) in [7, 11) is 0. The molecule has 4 heteroatoms. The van der Waals surface area contributed by atoms with Crippen LogP contribution in [0.3, 0.4) is 0 Å². The molecular formula is C9H17N3O. The van der Waals surface area contributed by atoms with E-state index in [1.807, 2.05) is 4.90 Å². The molecule has 0 aromatic rings. The molecule has 2 saturated heterocycles. The number of hydrogen-bond acceptors (Lipinski definition) is 3. The molecule has 0 aromatic carbocycles. The SMILES string of the molecule is N[C@H]1CCN(C(=O)[C@@H]2CCNC2)C1. The van der Waals surface area contributed by atoms with Crippen molar-refractivity contribution < 1.29 is 4.79 Å². The molecule has 74 valence electrons. The Morgan fingerprint density at radius 3 is 2.85 bits per heavy atom. The molecule has 2 aliphatic rings. The van der Waals surface area contributed by atoms with E-state index in [0.717, 1.165) is 39.0 Å². The van der Waals surface area contributed by atoms with E-state index in [0.29, 0.717) is 5.91 Å². The Morgan fingerprint density at radius 1 is 1.46 bits per heavy atom. The summed E-state index contributed by atoms with van der Waals surface area (Å²) < 4.78 is 0. The average Bonchev–Trinajstić information content (AvgIpc) is 2.72. The van der Waals surface area contributed by atoms with Gasteiger partial charge in [0.25, 0.3) is 0 Å². The molecule has 0 radical (unpaired) electrons. The molecule has 0 saturated carbocycles. The van der Waals surface area contributed by atoms with Gasteiger partial charge in [0, 0.05) is 25.7 Å². The molecule has 2 aliphatic heterocycles. The number of nitrogens with one attached hydrogen (secondary N) is 1. The number of hydrogen-bond donors (Lipinski definition) is 2. The van der Waals surface area contributed by atoms with Gasteiger partial charge in [-0.2, -0.15) is 0 Å². The monoisotopic (exact) mass is 183 g/mol. The molecule has 2 heterocycles. The second-order valence-electron chi connectivity index (χ2n) is 4.02. The summed E-state index contributed by atoms with van der Waals surface area (Å²) in [6, 6.07) is 0.207. The van der Waals surface area contributed by atoms with Crippen molar-refractivity contribution in [1.82, 2.24) is 10.2 Å². The predicted molar refractivity (Wildman–Crippen MR) is 50.1 cm³/mol. The lowest BCUT2D eigenvalue weighted by molar-refractivity contribution is -0.133. The average molecular weight is 183 g/mol. The molecule has 0 unspecified atom stereocenters. The van der Waals surface area contributed by atoms with Gasteiger partial charge in [0.15, 0.2) is 0 Å². The van der Waals surface area contributed by atoms with Crippen molar-refractivity contribution in [3.8, 4) is 0 Å². The zero-order valence-electron chi connectivity index (χ0n) is 7.83. The summed E-state index contributed by atoms with van der Waals surface area (Å²) in [5.41, 5.74) is 5.75. The van der Waals surface area contributed by atoms with Crippen LogP contribution in [0.15, 0.2) is 0 Å². The summed E-state index contributed by atoms with van der Waals surface area (Å²) in [6.45, 7) is 3.45. The fourth-order valence-electron chi connectivity index (χ4n) is 2.11.